The van der Waals surface area contributed by atoms with E-state index in [1.165, 1.54) is 13.0 Å². The van der Waals surface area contributed by atoms with Gasteiger partial charge in [-0.25, -0.2) is 4.79 Å². The van der Waals surface area contributed by atoms with E-state index in [-0.39, 0.29) is 5.89 Å². The molecule has 0 bridgehead atoms. The maximum Gasteiger partial charge on any atom is 0.329 e. The molecule has 0 spiro atoms. The van der Waals surface area contributed by atoms with Gasteiger partial charge in [0.25, 0.3) is 5.89 Å². The predicted octanol–water partition coefficient (Wildman–Crippen LogP) is 2.21. The molecular formula is C18H21N3O5. The number of aryl methyl sites for hydroxylation is 1. The molecular weight excluding hydrogens is 338 g/mol. The van der Waals surface area contributed by atoms with Crippen molar-refractivity contribution in [1.29, 1.82) is 0 Å². The van der Waals surface area contributed by atoms with Gasteiger partial charge in [0.05, 0.1) is 7.11 Å². The van der Waals surface area contributed by atoms with Gasteiger partial charge in [0.15, 0.2) is 11.9 Å². The molecule has 1 unspecified atom stereocenters. The van der Waals surface area contributed by atoms with Crippen molar-refractivity contribution in [2.45, 2.75) is 32.9 Å². The maximum absolute atomic E-state index is 12.0. The molecule has 1 heterocycles. The predicted molar refractivity (Wildman–Crippen MR) is 93.2 cm³/mol. The van der Waals surface area contributed by atoms with Crippen molar-refractivity contribution in [3.05, 3.63) is 47.6 Å². The zero-order valence-corrected chi connectivity index (χ0v) is 15.1. The molecule has 8 heteroatoms. The number of hydrogen-bond acceptors (Lipinski definition) is 7. The molecule has 1 N–H and O–H groups in total. The fourth-order valence-electron chi connectivity index (χ4n) is 2.01. The topological polar surface area (TPSA) is 104 Å². The summed E-state index contributed by atoms with van der Waals surface area (Å²) in [5.74, 6) is 0.376. The number of methoxy groups -OCH3 is 1. The van der Waals surface area contributed by atoms with Crippen molar-refractivity contribution in [1.82, 2.24) is 15.5 Å². The van der Waals surface area contributed by atoms with E-state index in [9.17, 15) is 9.59 Å². The molecule has 2 rings (SSSR count). The summed E-state index contributed by atoms with van der Waals surface area (Å²) in [6.45, 7) is 4.82. The van der Waals surface area contributed by atoms with Gasteiger partial charge < -0.3 is 19.3 Å². The molecule has 0 saturated heterocycles. The monoisotopic (exact) mass is 359 g/mol. The molecule has 2 atom stereocenters. The van der Waals surface area contributed by atoms with Gasteiger partial charge in [-0.05, 0) is 44.5 Å². The van der Waals surface area contributed by atoms with Crippen molar-refractivity contribution in [2.24, 2.45) is 0 Å². The van der Waals surface area contributed by atoms with E-state index in [1.54, 1.807) is 39.2 Å². The molecule has 138 valence electrons. The number of carbonyl (C=O) groups is 2. The van der Waals surface area contributed by atoms with E-state index in [2.05, 4.69) is 15.5 Å². The maximum atomic E-state index is 12.0. The van der Waals surface area contributed by atoms with Crippen LogP contribution in [0, 0.1) is 6.92 Å². The van der Waals surface area contributed by atoms with Crippen molar-refractivity contribution in [3.63, 3.8) is 0 Å². The highest BCUT2D eigenvalue weighted by molar-refractivity contribution is 5.94. The number of ether oxygens (including phenoxy) is 2. The average molecular weight is 359 g/mol. The van der Waals surface area contributed by atoms with Gasteiger partial charge in [-0.1, -0.05) is 17.3 Å². The van der Waals surface area contributed by atoms with E-state index in [1.807, 2.05) is 12.1 Å². The summed E-state index contributed by atoms with van der Waals surface area (Å²) < 4.78 is 15.2. The molecule has 1 aromatic heterocycles. The quantitative estimate of drug-likeness (QED) is 0.597. The van der Waals surface area contributed by atoms with Crippen LogP contribution >= 0.6 is 0 Å². The van der Waals surface area contributed by atoms with Crippen molar-refractivity contribution in [2.75, 3.05) is 7.11 Å². The first-order valence-electron chi connectivity index (χ1n) is 8.02. The Bertz CT molecular complexity index is 782. The third-order valence-corrected chi connectivity index (χ3v) is 3.44. The Hall–Kier alpha value is -3.16. The Morgan fingerprint density at radius 1 is 1.23 bits per heavy atom. The minimum Gasteiger partial charge on any atom is -0.497 e. The van der Waals surface area contributed by atoms with Crippen LogP contribution in [0.1, 0.15) is 37.2 Å². The Kier molecular flexibility index (Phi) is 6.48. The lowest BCUT2D eigenvalue weighted by Crippen LogP contribution is -2.39. The summed E-state index contributed by atoms with van der Waals surface area (Å²) in [6, 6.07) is 6.38. The fourth-order valence-corrected chi connectivity index (χ4v) is 2.01. The number of carbonyl (C=O) groups excluding carboxylic acids is 2. The average Bonchev–Trinajstić information content (AvgIpc) is 3.06. The lowest BCUT2D eigenvalue weighted by molar-refractivity contribution is -0.152. The SMILES string of the molecule is COc1ccc(/C=C/C(=O)N[C@@H](C)C(=O)OC(C)c2nc(C)no2)cc1. The molecule has 1 amide bonds. The van der Waals surface area contributed by atoms with Gasteiger partial charge in [-0.15, -0.1) is 0 Å². The smallest absolute Gasteiger partial charge is 0.329 e. The highest BCUT2D eigenvalue weighted by Gasteiger charge is 2.22. The second kappa shape index (κ2) is 8.80. The number of nitrogens with one attached hydrogen (secondary N) is 1. The minimum absolute atomic E-state index is 0.203. The Balaban J connectivity index is 1.84. The lowest BCUT2D eigenvalue weighted by Gasteiger charge is -2.14. The Morgan fingerprint density at radius 2 is 1.92 bits per heavy atom. The Morgan fingerprint density at radius 3 is 2.50 bits per heavy atom. The van der Waals surface area contributed by atoms with Crippen molar-refractivity contribution >= 4 is 18.0 Å². The van der Waals surface area contributed by atoms with Crippen LogP contribution in [0.4, 0.5) is 0 Å². The molecule has 26 heavy (non-hydrogen) atoms. The number of rotatable bonds is 7. The minimum atomic E-state index is -0.825. The molecule has 2 aromatic rings. The number of nitrogens with zero attached hydrogens (tertiary/aromatic N) is 2. The largest absolute Gasteiger partial charge is 0.497 e. The molecule has 0 saturated carbocycles. The highest BCUT2D eigenvalue weighted by atomic mass is 16.6. The number of amides is 1. The summed E-state index contributed by atoms with van der Waals surface area (Å²) in [5.41, 5.74) is 0.830. The molecule has 0 aliphatic rings. The summed E-state index contributed by atoms with van der Waals surface area (Å²) in [5, 5.41) is 6.18. The summed E-state index contributed by atoms with van der Waals surface area (Å²) in [6.07, 6.45) is 2.28. The fraction of sp³-hybridized carbons (Fsp3) is 0.333. The Labute approximate surface area is 151 Å². The van der Waals surface area contributed by atoms with Crippen LogP contribution in [0.25, 0.3) is 6.08 Å². The number of aromatic nitrogens is 2. The van der Waals surface area contributed by atoms with Gasteiger partial charge in [0.2, 0.25) is 5.91 Å². The normalized spacial score (nSPS) is 13.2. The van der Waals surface area contributed by atoms with Crippen LogP contribution < -0.4 is 10.1 Å². The van der Waals surface area contributed by atoms with Crippen molar-refractivity contribution < 1.29 is 23.6 Å². The zero-order chi connectivity index (χ0) is 19.1. The molecule has 0 aliphatic carbocycles. The molecule has 0 radical (unpaired) electrons. The van der Waals surface area contributed by atoms with Crippen LogP contribution in [0.2, 0.25) is 0 Å². The van der Waals surface area contributed by atoms with Crippen LogP contribution in [0.5, 0.6) is 5.75 Å². The lowest BCUT2D eigenvalue weighted by atomic mass is 10.2. The van der Waals surface area contributed by atoms with Crippen LogP contribution in [0.3, 0.4) is 0 Å². The first-order chi connectivity index (χ1) is 12.4. The molecule has 0 aliphatic heterocycles. The summed E-state index contributed by atoms with van der Waals surface area (Å²) in [7, 11) is 1.58. The van der Waals surface area contributed by atoms with E-state index in [4.69, 9.17) is 14.0 Å². The van der Waals surface area contributed by atoms with Gasteiger partial charge in [0, 0.05) is 6.08 Å². The van der Waals surface area contributed by atoms with Crippen LogP contribution in [-0.2, 0) is 14.3 Å². The molecule has 1 aromatic carbocycles. The second-order valence-electron chi connectivity index (χ2n) is 5.60. The molecule has 0 fully saturated rings. The summed E-state index contributed by atoms with van der Waals surface area (Å²) >= 11 is 0. The van der Waals surface area contributed by atoms with Crippen LogP contribution in [0.15, 0.2) is 34.9 Å². The van der Waals surface area contributed by atoms with Gasteiger partial charge in [-0.3, -0.25) is 4.79 Å². The van der Waals surface area contributed by atoms with E-state index in [0.29, 0.717) is 5.82 Å². The first-order valence-corrected chi connectivity index (χ1v) is 8.02. The highest BCUT2D eigenvalue weighted by Crippen LogP contribution is 2.15. The molecule has 8 nitrogen and oxygen atoms in total. The van der Waals surface area contributed by atoms with E-state index >= 15 is 0 Å². The van der Waals surface area contributed by atoms with E-state index in [0.717, 1.165) is 11.3 Å². The third kappa shape index (κ3) is 5.44. The number of esters is 1. The van der Waals surface area contributed by atoms with E-state index < -0.39 is 24.0 Å². The van der Waals surface area contributed by atoms with Gasteiger partial charge >= 0.3 is 5.97 Å². The van der Waals surface area contributed by atoms with Gasteiger partial charge in [0.1, 0.15) is 11.8 Å². The second-order valence-corrected chi connectivity index (χ2v) is 5.60. The zero-order valence-electron chi connectivity index (χ0n) is 15.1. The van der Waals surface area contributed by atoms with Crippen molar-refractivity contribution in [3.8, 4) is 5.75 Å². The standard InChI is InChI=1S/C18H21N3O5/c1-11(18(23)25-12(2)17-20-13(3)21-26-17)19-16(22)10-7-14-5-8-15(24-4)9-6-14/h5-12H,1-4H3,(H,19,22)/b10-7+/t11-,12?/m0/s1. The van der Waals surface area contributed by atoms with Crippen LogP contribution in [-0.4, -0.2) is 35.2 Å². The third-order valence-electron chi connectivity index (χ3n) is 3.44. The van der Waals surface area contributed by atoms with Gasteiger partial charge in [-0.2, -0.15) is 4.98 Å². The number of hydrogen-bond donors (Lipinski definition) is 1. The summed E-state index contributed by atoms with van der Waals surface area (Å²) in [4.78, 5) is 28.0. The number of benzene rings is 1. The first kappa shape index (κ1) is 19.2.